The number of carbonyl (C=O) groups excluding carboxylic acids is 1. The molecule has 0 aliphatic heterocycles. The van der Waals surface area contributed by atoms with Crippen molar-refractivity contribution in [1.29, 1.82) is 0 Å². The molecule has 0 radical (unpaired) electrons. The van der Waals surface area contributed by atoms with E-state index >= 15 is 0 Å². The fourth-order valence-electron chi connectivity index (χ4n) is 2.99. The molecule has 30 heavy (non-hydrogen) atoms. The Labute approximate surface area is 188 Å². The molecule has 0 fully saturated rings. The molecule has 5 nitrogen and oxygen atoms in total. The van der Waals surface area contributed by atoms with Crippen LogP contribution >= 0.6 is 8.25 Å². The summed E-state index contributed by atoms with van der Waals surface area (Å²) in [4.78, 5) is 9.82. The number of esters is 1. The molecule has 0 N–H and O–H groups in total. The third-order valence-corrected chi connectivity index (χ3v) is 5.52. The molecule has 0 aromatic heterocycles. The van der Waals surface area contributed by atoms with Gasteiger partial charge in [0, 0.05) is 11.5 Å². The van der Waals surface area contributed by atoms with Crippen LogP contribution in [0.5, 0.6) is 0 Å². The lowest BCUT2D eigenvalue weighted by molar-refractivity contribution is -0.140. The molecule has 0 rings (SSSR count). The van der Waals surface area contributed by atoms with Crippen LogP contribution < -0.4 is 0 Å². The minimum absolute atomic E-state index is 0.211. The zero-order valence-electron chi connectivity index (χ0n) is 20.4. The van der Waals surface area contributed by atoms with Gasteiger partial charge < -0.3 is 4.74 Å². The highest BCUT2D eigenvalue weighted by Crippen LogP contribution is 2.25. The van der Waals surface area contributed by atoms with E-state index in [1.54, 1.807) is 6.92 Å². The minimum atomic E-state index is -1.90. The standard InChI is InChI=1S/C20H42O3P.C4H8O2/c1-3-5-7-9-11-13-15-17-19-22-24(21)23-20-18-16-14-12-10-8-6-4-2;1-3-6-4(2)5/h3-20H2,1-2H3;3H2,1-2H3/q+1;. The Balaban J connectivity index is 0. The Morgan fingerprint density at radius 2 is 0.933 bits per heavy atom. The van der Waals surface area contributed by atoms with Crippen molar-refractivity contribution in [2.45, 2.75) is 130 Å². The summed E-state index contributed by atoms with van der Waals surface area (Å²) in [5, 5.41) is 0. The monoisotopic (exact) mass is 449 g/mol. The SMILES string of the molecule is CCCCCCCCCCO[P+](=O)OCCCCCCCCCC.CCOC(C)=O. The molecular weight excluding hydrogens is 399 g/mol. The van der Waals surface area contributed by atoms with Crippen LogP contribution in [-0.2, 0) is 23.1 Å². The number of hydrogen-bond acceptors (Lipinski definition) is 5. The van der Waals surface area contributed by atoms with Crippen molar-refractivity contribution >= 4 is 14.2 Å². The number of ether oxygens (including phenoxy) is 1. The topological polar surface area (TPSA) is 61.8 Å². The highest BCUT2D eigenvalue weighted by atomic mass is 31.1. The van der Waals surface area contributed by atoms with Gasteiger partial charge in [-0.3, -0.25) is 4.79 Å². The van der Waals surface area contributed by atoms with E-state index in [4.69, 9.17) is 9.05 Å². The zero-order chi connectivity index (χ0) is 22.7. The zero-order valence-corrected chi connectivity index (χ0v) is 21.3. The number of hydrogen-bond donors (Lipinski definition) is 0. The van der Waals surface area contributed by atoms with Gasteiger partial charge in [-0.25, -0.2) is 0 Å². The second-order valence-corrected chi connectivity index (χ2v) is 8.73. The smallest absolute Gasteiger partial charge is 0.466 e. The third kappa shape index (κ3) is 32.2. The molecule has 0 bridgehead atoms. The Kier molecular flexibility index (Phi) is 30.1. The third-order valence-electron chi connectivity index (χ3n) is 4.74. The fraction of sp³-hybridized carbons (Fsp3) is 0.958. The van der Waals surface area contributed by atoms with Crippen molar-refractivity contribution in [3.05, 3.63) is 0 Å². The van der Waals surface area contributed by atoms with Crippen molar-refractivity contribution in [1.82, 2.24) is 0 Å². The summed E-state index contributed by atoms with van der Waals surface area (Å²) in [7, 11) is -1.90. The molecule has 0 amide bonds. The summed E-state index contributed by atoms with van der Waals surface area (Å²) < 4.78 is 26.5. The molecule has 180 valence electrons. The summed E-state index contributed by atoms with van der Waals surface area (Å²) in [6.45, 7) is 9.29. The molecule has 0 aromatic carbocycles. The molecule has 0 unspecified atom stereocenters. The lowest BCUT2D eigenvalue weighted by Crippen LogP contribution is -1.95. The largest absolute Gasteiger partial charge is 0.697 e. The van der Waals surface area contributed by atoms with Crippen molar-refractivity contribution in [3.8, 4) is 0 Å². The van der Waals surface area contributed by atoms with Crippen molar-refractivity contribution < 1.29 is 23.1 Å². The van der Waals surface area contributed by atoms with Crippen LogP contribution in [0.15, 0.2) is 0 Å². The second kappa shape index (κ2) is 28.5. The predicted molar refractivity (Wildman–Crippen MR) is 127 cm³/mol. The van der Waals surface area contributed by atoms with Gasteiger partial charge >= 0.3 is 14.2 Å². The highest BCUT2D eigenvalue weighted by molar-refractivity contribution is 7.33. The van der Waals surface area contributed by atoms with Crippen LogP contribution in [0.3, 0.4) is 0 Å². The van der Waals surface area contributed by atoms with Gasteiger partial charge in [0.05, 0.1) is 6.61 Å². The normalized spacial score (nSPS) is 10.4. The first kappa shape index (κ1) is 31.7. The van der Waals surface area contributed by atoms with Crippen molar-refractivity contribution in [3.63, 3.8) is 0 Å². The van der Waals surface area contributed by atoms with E-state index in [0.29, 0.717) is 19.8 Å². The van der Waals surface area contributed by atoms with Crippen LogP contribution in [0.1, 0.15) is 130 Å². The molecule has 0 saturated carbocycles. The molecule has 0 aromatic rings. The van der Waals surface area contributed by atoms with Gasteiger partial charge in [0.15, 0.2) is 0 Å². The second-order valence-electron chi connectivity index (χ2n) is 7.76. The van der Waals surface area contributed by atoms with E-state index in [2.05, 4.69) is 18.6 Å². The maximum atomic E-state index is 11.6. The first-order valence-electron chi connectivity index (χ1n) is 12.4. The molecular formula is C24H50O5P+. The first-order valence-corrected chi connectivity index (χ1v) is 13.5. The Bertz CT molecular complexity index is 340. The number of rotatable bonds is 21. The van der Waals surface area contributed by atoms with E-state index in [1.165, 1.54) is 96.8 Å². The minimum Gasteiger partial charge on any atom is -0.466 e. The Morgan fingerprint density at radius 3 is 1.20 bits per heavy atom. The summed E-state index contributed by atoms with van der Waals surface area (Å²) in [5.41, 5.74) is 0. The maximum absolute atomic E-state index is 11.6. The summed E-state index contributed by atoms with van der Waals surface area (Å²) in [6, 6.07) is 0. The van der Waals surface area contributed by atoms with E-state index in [1.807, 2.05) is 0 Å². The van der Waals surface area contributed by atoms with Gasteiger partial charge in [-0.2, -0.15) is 0 Å². The highest BCUT2D eigenvalue weighted by Gasteiger charge is 2.18. The first-order chi connectivity index (χ1) is 14.6. The molecule has 0 atom stereocenters. The van der Waals surface area contributed by atoms with Gasteiger partial charge in [-0.15, -0.1) is 9.05 Å². The van der Waals surface area contributed by atoms with Crippen LogP contribution in [0.2, 0.25) is 0 Å². The van der Waals surface area contributed by atoms with Gasteiger partial charge in [0.1, 0.15) is 13.2 Å². The van der Waals surface area contributed by atoms with Crippen LogP contribution in [-0.4, -0.2) is 25.8 Å². The average Bonchev–Trinajstić information content (AvgIpc) is 2.71. The van der Waals surface area contributed by atoms with Crippen molar-refractivity contribution in [2.75, 3.05) is 19.8 Å². The van der Waals surface area contributed by atoms with E-state index < -0.39 is 8.25 Å². The molecule has 0 spiro atoms. The summed E-state index contributed by atoms with van der Waals surface area (Å²) in [5.74, 6) is -0.211. The van der Waals surface area contributed by atoms with Gasteiger partial charge in [-0.05, 0) is 19.8 Å². The van der Waals surface area contributed by atoms with Gasteiger partial charge in [0.25, 0.3) is 0 Å². The van der Waals surface area contributed by atoms with E-state index in [-0.39, 0.29) is 5.97 Å². The molecule has 0 heterocycles. The van der Waals surface area contributed by atoms with Crippen molar-refractivity contribution in [2.24, 2.45) is 0 Å². The van der Waals surface area contributed by atoms with E-state index in [9.17, 15) is 9.36 Å². The molecule has 0 aliphatic carbocycles. The Morgan fingerprint density at radius 1 is 0.600 bits per heavy atom. The quantitative estimate of drug-likeness (QED) is 0.0998. The average molecular weight is 450 g/mol. The number of carbonyl (C=O) groups is 1. The van der Waals surface area contributed by atoms with Crippen LogP contribution in [0, 0.1) is 0 Å². The van der Waals surface area contributed by atoms with E-state index in [0.717, 1.165) is 12.8 Å². The number of unbranched alkanes of at least 4 members (excludes halogenated alkanes) is 14. The lowest BCUT2D eigenvalue weighted by Gasteiger charge is -2.00. The van der Waals surface area contributed by atoms with Crippen LogP contribution in [0.25, 0.3) is 0 Å². The lowest BCUT2D eigenvalue weighted by atomic mass is 10.1. The maximum Gasteiger partial charge on any atom is 0.697 e. The molecule has 0 aliphatic rings. The Hall–Kier alpha value is -0.510. The molecule has 6 heteroatoms. The van der Waals surface area contributed by atoms with Gasteiger partial charge in [0.2, 0.25) is 0 Å². The summed E-state index contributed by atoms with van der Waals surface area (Å²) >= 11 is 0. The fourth-order valence-corrected chi connectivity index (χ4v) is 3.62. The molecule has 0 saturated heterocycles. The van der Waals surface area contributed by atoms with Gasteiger partial charge in [-0.1, -0.05) is 104 Å². The van der Waals surface area contributed by atoms with Crippen LogP contribution in [0.4, 0.5) is 0 Å². The predicted octanol–water partition coefficient (Wildman–Crippen LogP) is 8.53. The summed E-state index contributed by atoms with van der Waals surface area (Å²) in [6.07, 6.45) is 20.3.